The average molecular weight is 340 g/mol. The minimum absolute atomic E-state index is 0.00555. The lowest BCUT2D eigenvalue weighted by Gasteiger charge is -2.36. The van der Waals surface area contributed by atoms with Gasteiger partial charge >= 0.3 is 6.03 Å². The predicted octanol–water partition coefficient (Wildman–Crippen LogP) is 0.897. The van der Waals surface area contributed by atoms with Crippen LogP contribution in [0, 0.1) is 0 Å². The third kappa shape index (κ3) is 3.07. The Labute approximate surface area is 145 Å². The zero-order valence-electron chi connectivity index (χ0n) is 13.8. The number of likely N-dealkylation sites (tertiary alicyclic amines) is 1. The van der Waals surface area contributed by atoms with Gasteiger partial charge in [-0.1, -0.05) is 0 Å². The normalized spacial score (nSPS) is 18.5. The third-order valence-corrected chi connectivity index (χ3v) is 4.85. The summed E-state index contributed by atoms with van der Waals surface area (Å²) in [6, 6.07) is 3.86. The first-order valence-electron chi connectivity index (χ1n) is 8.50. The van der Waals surface area contributed by atoms with Crippen molar-refractivity contribution >= 4 is 11.9 Å². The first-order chi connectivity index (χ1) is 12.2. The summed E-state index contributed by atoms with van der Waals surface area (Å²) in [4.78, 5) is 36.5. The highest BCUT2D eigenvalue weighted by atomic mass is 16.2. The Balaban J connectivity index is 1.38. The molecular formula is C17H20N6O2. The van der Waals surface area contributed by atoms with Gasteiger partial charge in [-0.05, 0) is 25.0 Å². The maximum Gasteiger partial charge on any atom is 0.317 e. The highest BCUT2D eigenvalue weighted by Crippen LogP contribution is 2.20. The summed E-state index contributed by atoms with van der Waals surface area (Å²) in [6.07, 6.45) is 8.41. The maximum absolute atomic E-state index is 12.7. The molecule has 0 saturated carbocycles. The van der Waals surface area contributed by atoms with Crippen LogP contribution < -0.4 is 5.32 Å². The number of aromatic nitrogens is 3. The van der Waals surface area contributed by atoms with Crippen LogP contribution in [-0.2, 0) is 0 Å². The number of amides is 3. The standard InChI is InChI=1S/C17H20N6O2/c24-16(13-1-2-15(20-11-13)22-9-5-18-12-22)21-7-3-14(4-8-21)23-10-6-19-17(23)25/h1-2,5,9,11-12,14H,3-4,6-8,10H2,(H,19,25). The van der Waals surface area contributed by atoms with E-state index in [9.17, 15) is 9.59 Å². The number of nitrogens with zero attached hydrogens (tertiary/aromatic N) is 5. The number of rotatable bonds is 3. The number of carbonyl (C=O) groups is 2. The summed E-state index contributed by atoms with van der Waals surface area (Å²) in [5.41, 5.74) is 0.584. The summed E-state index contributed by atoms with van der Waals surface area (Å²) in [7, 11) is 0. The third-order valence-electron chi connectivity index (χ3n) is 4.85. The van der Waals surface area contributed by atoms with Gasteiger partial charge in [0.25, 0.3) is 5.91 Å². The molecule has 8 heteroatoms. The SMILES string of the molecule is O=C(c1ccc(-n2ccnc2)nc1)N1CCC(N2CCNC2=O)CC1. The van der Waals surface area contributed by atoms with Gasteiger partial charge in [0.15, 0.2) is 0 Å². The first kappa shape index (κ1) is 15.6. The fourth-order valence-electron chi connectivity index (χ4n) is 3.46. The van der Waals surface area contributed by atoms with Gasteiger partial charge < -0.3 is 15.1 Å². The molecule has 0 aliphatic carbocycles. The van der Waals surface area contributed by atoms with Crippen LogP contribution in [0.3, 0.4) is 0 Å². The van der Waals surface area contributed by atoms with Gasteiger partial charge in [0.1, 0.15) is 12.1 Å². The van der Waals surface area contributed by atoms with Crippen molar-refractivity contribution in [3.63, 3.8) is 0 Å². The van der Waals surface area contributed by atoms with Crippen molar-refractivity contribution in [2.24, 2.45) is 0 Å². The molecular weight excluding hydrogens is 320 g/mol. The average Bonchev–Trinajstić information content (AvgIpc) is 3.33. The molecule has 2 fully saturated rings. The van der Waals surface area contributed by atoms with E-state index < -0.39 is 0 Å². The summed E-state index contributed by atoms with van der Waals surface area (Å²) in [5, 5.41) is 2.84. The van der Waals surface area contributed by atoms with Crippen LogP contribution in [0.1, 0.15) is 23.2 Å². The topological polar surface area (TPSA) is 83.4 Å². The molecule has 2 aromatic heterocycles. The lowest BCUT2D eigenvalue weighted by Crippen LogP contribution is -2.47. The van der Waals surface area contributed by atoms with E-state index >= 15 is 0 Å². The highest BCUT2D eigenvalue weighted by molar-refractivity contribution is 5.94. The van der Waals surface area contributed by atoms with Crippen molar-refractivity contribution in [2.45, 2.75) is 18.9 Å². The van der Waals surface area contributed by atoms with Gasteiger partial charge in [-0.15, -0.1) is 0 Å². The highest BCUT2D eigenvalue weighted by Gasteiger charge is 2.32. The minimum atomic E-state index is -0.00555. The number of hydrogen-bond acceptors (Lipinski definition) is 4. The largest absolute Gasteiger partial charge is 0.338 e. The Hall–Kier alpha value is -2.90. The van der Waals surface area contributed by atoms with Gasteiger partial charge in [-0.25, -0.2) is 14.8 Å². The number of carbonyl (C=O) groups excluding carboxylic acids is 2. The van der Waals surface area contributed by atoms with Gasteiger partial charge in [-0.2, -0.15) is 0 Å². The summed E-state index contributed by atoms with van der Waals surface area (Å²) in [6.45, 7) is 2.80. The van der Waals surface area contributed by atoms with Gasteiger partial charge in [0.2, 0.25) is 0 Å². The fraction of sp³-hybridized carbons (Fsp3) is 0.412. The number of piperidine rings is 1. The van der Waals surface area contributed by atoms with E-state index in [-0.39, 0.29) is 18.0 Å². The lowest BCUT2D eigenvalue weighted by molar-refractivity contribution is 0.0665. The Morgan fingerprint density at radius 1 is 1.20 bits per heavy atom. The van der Waals surface area contributed by atoms with E-state index in [2.05, 4.69) is 15.3 Å². The Kier molecular flexibility index (Phi) is 4.09. The summed E-state index contributed by atoms with van der Waals surface area (Å²) < 4.78 is 1.79. The van der Waals surface area contributed by atoms with Crippen molar-refractivity contribution in [1.29, 1.82) is 0 Å². The van der Waals surface area contributed by atoms with Crippen molar-refractivity contribution in [3.05, 3.63) is 42.6 Å². The second-order valence-electron chi connectivity index (χ2n) is 6.32. The number of imidazole rings is 1. The molecule has 8 nitrogen and oxygen atoms in total. The van der Waals surface area contributed by atoms with Crippen LogP contribution in [0.5, 0.6) is 0 Å². The van der Waals surface area contributed by atoms with Crippen LogP contribution in [-0.4, -0.2) is 68.5 Å². The smallest absolute Gasteiger partial charge is 0.317 e. The van der Waals surface area contributed by atoms with E-state index in [0.717, 1.165) is 25.2 Å². The maximum atomic E-state index is 12.7. The quantitative estimate of drug-likeness (QED) is 0.900. The molecule has 2 aliphatic rings. The minimum Gasteiger partial charge on any atom is -0.338 e. The number of pyridine rings is 1. The van der Waals surface area contributed by atoms with Crippen LogP contribution in [0.4, 0.5) is 4.79 Å². The van der Waals surface area contributed by atoms with Crippen molar-refractivity contribution in [1.82, 2.24) is 29.7 Å². The molecule has 2 saturated heterocycles. The molecule has 3 amide bonds. The Morgan fingerprint density at radius 2 is 2.04 bits per heavy atom. The number of nitrogens with one attached hydrogen (secondary N) is 1. The van der Waals surface area contributed by atoms with Crippen molar-refractivity contribution in [2.75, 3.05) is 26.2 Å². The van der Waals surface area contributed by atoms with Gasteiger partial charge in [-0.3, -0.25) is 9.36 Å². The first-order valence-corrected chi connectivity index (χ1v) is 8.50. The van der Waals surface area contributed by atoms with Crippen LogP contribution in [0.15, 0.2) is 37.1 Å². The zero-order valence-corrected chi connectivity index (χ0v) is 13.8. The monoisotopic (exact) mass is 340 g/mol. The summed E-state index contributed by atoms with van der Waals surface area (Å²) in [5.74, 6) is 0.724. The van der Waals surface area contributed by atoms with E-state index in [1.807, 2.05) is 22.1 Å². The van der Waals surface area contributed by atoms with E-state index in [4.69, 9.17) is 0 Å². The number of hydrogen-bond donors (Lipinski definition) is 1. The lowest BCUT2D eigenvalue weighted by atomic mass is 10.0. The number of urea groups is 1. The van der Waals surface area contributed by atoms with Crippen molar-refractivity contribution < 1.29 is 9.59 Å². The molecule has 25 heavy (non-hydrogen) atoms. The molecule has 1 N–H and O–H groups in total. The molecule has 0 aromatic carbocycles. The second kappa shape index (κ2) is 6.54. The summed E-state index contributed by atoms with van der Waals surface area (Å²) >= 11 is 0. The molecule has 130 valence electrons. The van der Waals surface area contributed by atoms with Gasteiger partial charge in [0.05, 0.1) is 5.56 Å². The Morgan fingerprint density at radius 3 is 2.64 bits per heavy atom. The van der Waals surface area contributed by atoms with Crippen molar-refractivity contribution in [3.8, 4) is 5.82 Å². The molecule has 2 aliphatic heterocycles. The van der Waals surface area contributed by atoms with Crippen LogP contribution >= 0.6 is 0 Å². The van der Waals surface area contributed by atoms with E-state index in [0.29, 0.717) is 25.2 Å². The fourth-order valence-corrected chi connectivity index (χ4v) is 3.46. The molecule has 0 unspecified atom stereocenters. The Bertz CT molecular complexity index is 750. The van der Waals surface area contributed by atoms with E-state index in [1.165, 1.54) is 0 Å². The molecule has 4 rings (SSSR count). The zero-order chi connectivity index (χ0) is 17.2. The molecule has 4 heterocycles. The molecule has 0 spiro atoms. The molecule has 0 atom stereocenters. The molecule has 0 radical (unpaired) electrons. The van der Waals surface area contributed by atoms with Gasteiger partial charge in [0, 0.05) is 50.8 Å². The molecule has 0 bridgehead atoms. The second-order valence-corrected chi connectivity index (χ2v) is 6.32. The molecule has 2 aromatic rings. The predicted molar refractivity (Wildman–Crippen MR) is 90.4 cm³/mol. The van der Waals surface area contributed by atoms with Crippen LogP contribution in [0.25, 0.3) is 5.82 Å². The van der Waals surface area contributed by atoms with Crippen LogP contribution in [0.2, 0.25) is 0 Å². The van der Waals surface area contributed by atoms with E-state index in [1.54, 1.807) is 29.4 Å².